The molecule has 21 heavy (non-hydrogen) atoms. The molecular weight excluding hydrogens is 272 g/mol. The third-order valence-electron chi connectivity index (χ3n) is 3.81. The van der Waals surface area contributed by atoms with Crippen LogP contribution in [0.25, 0.3) is 0 Å². The predicted octanol–water partition coefficient (Wildman–Crippen LogP) is 0.382. The minimum Gasteiger partial charge on any atom is -0.493 e. The van der Waals surface area contributed by atoms with E-state index in [1.165, 1.54) is 0 Å². The predicted molar refractivity (Wildman–Crippen MR) is 80.2 cm³/mol. The van der Waals surface area contributed by atoms with Crippen LogP contribution in [0.5, 0.6) is 17.2 Å². The molecule has 2 atom stereocenters. The first kappa shape index (κ1) is 15.9. The number of benzene rings is 1. The molecule has 1 aliphatic rings. The summed E-state index contributed by atoms with van der Waals surface area (Å²) in [6.07, 6.45) is -0.273. The van der Waals surface area contributed by atoms with Crippen LogP contribution in [-0.4, -0.2) is 52.2 Å². The molecule has 0 aliphatic carbocycles. The molecule has 2 unspecified atom stereocenters. The third kappa shape index (κ3) is 3.58. The fraction of sp³-hybridized carbons (Fsp3) is 0.600. The van der Waals surface area contributed by atoms with Crippen LogP contribution in [0.15, 0.2) is 12.1 Å². The Bertz CT molecular complexity index is 467. The SMILES string of the molecule is COc1ccc(CNCC2CNCC2O)c(OC)c1OC. The topological polar surface area (TPSA) is 72.0 Å². The average Bonchev–Trinajstić information content (AvgIpc) is 2.91. The number of aliphatic hydroxyl groups is 1. The molecular formula is C15H24N2O4. The summed E-state index contributed by atoms with van der Waals surface area (Å²) < 4.78 is 16.1. The molecule has 6 heteroatoms. The maximum Gasteiger partial charge on any atom is 0.203 e. The van der Waals surface area contributed by atoms with Gasteiger partial charge in [0.1, 0.15) is 0 Å². The average molecular weight is 296 g/mol. The molecule has 3 N–H and O–H groups in total. The lowest BCUT2D eigenvalue weighted by atomic mass is 10.1. The van der Waals surface area contributed by atoms with Gasteiger partial charge in [-0.05, 0) is 6.07 Å². The Hall–Kier alpha value is -1.50. The standard InChI is InChI=1S/C15H24N2O4/c1-19-13-5-4-10(14(20-2)15(13)21-3)6-16-7-11-8-17-9-12(11)18/h4-5,11-12,16-18H,6-9H2,1-3H3. The van der Waals surface area contributed by atoms with Crippen molar-refractivity contribution in [3.8, 4) is 17.2 Å². The van der Waals surface area contributed by atoms with Crippen molar-refractivity contribution < 1.29 is 19.3 Å². The fourth-order valence-electron chi connectivity index (χ4n) is 2.62. The third-order valence-corrected chi connectivity index (χ3v) is 3.81. The molecule has 0 bridgehead atoms. The molecule has 1 aliphatic heterocycles. The van der Waals surface area contributed by atoms with Gasteiger partial charge in [-0.3, -0.25) is 0 Å². The monoisotopic (exact) mass is 296 g/mol. The quantitative estimate of drug-likeness (QED) is 0.676. The van der Waals surface area contributed by atoms with E-state index in [1.54, 1.807) is 21.3 Å². The van der Waals surface area contributed by atoms with Gasteiger partial charge in [0.05, 0.1) is 27.4 Å². The molecule has 1 aromatic rings. The molecule has 1 fully saturated rings. The van der Waals surface area contributed by atoms with E-state index in [0.29, 0.717) is 30.3 Å². The lowest BCUT2D eigenvalue weighted by Gasteiger charge is -2.18. The van der Waals surface area contributed by atoms with Crippen LogP contribution in [0.2, 0.25) is 0 Å². The van der Waals surface area contributed by atoms with Gasteiger partial charge >= 0.3 is 0 Å². The second-order valence-electron chi connectivity index (χ2n) is 5.11. The number of nitrogens with one attached hydrogen (secondary N) is 2. The summed E-state index contributed by atoms with van der Waals surface area (Å²) in [5.41, 5.74) is 0.996. The molecule has 118 valence electrons. The highest BCUT2D eigenvalue weighted by Gasteiger charge is 2.24. The number of methoxy groups -OCH3 is 3. The van der Waals surface area contributed by atoms with Gasteiger partial charge in [-0.1, -0.05) is 6.07 Å². The minimum atomic E-state index is -0.273. The molecule has 1 saturated heterocycles. The smallest absolute Gasteiger partial charge is 0.203 e. The van der Waals surface area contributed by atoms with Crippen molar-refractivity contribution in [2.75, 3.05) is 41.0 Å². The number of ether oxygens (including phenoxy) is 3. The van der Waals surface area contributed by atoms with Gasteiger partial charge in [0.2, 0.25) is 5.75 Å². The zero-order valence-corrected chi connectivity index (χ0v) is 12.8. The van der Waals surface area contributed by atoms with E-state index in [9.17, 15) is 5.11 Å². The van der Waals surface area contributed by atoms with Crippen molar-refractivity contribution in [3.05, 3.63) is 17.7 Å². The molecule has 1 aromatic carbocycles. The van der Waals surface area contributed by atoms with E-state index in [-0.39, 0.29) is 12.0 Å². The lowest BCUT2D eigenvalue weighted by molar-refractivity contribution is 0.146. The summed E-state index contributed by atoms with van der Waals surface area (Å²) in [6.45, 7) is 2.92. The van der Waals surface area contributed by atoms with E-state index >= 15 is 0 Å². The lowest BCUT2D eigenvalue weighted by Crippen LogP contribution is -2.30. The zero-order chi connectivity index (χ0) is 15.2. The Balaban J connectivity index is 2.02. The van der Waals surface area contributed by atoms with E-state index < -0.39 is 0 Å². The maximum absolute atomic E-state index is 9.77. The molecule has 6 nitrogen and oxygen atoms in total. The van der Waals surface area contributed by atoms with Crippen molar-refractivity contribution in [1.29, 1.82) is 0 Å². The highest BCUT2D eigenvalue weighted by atomic mass is 16.5. The van der Waals surface area contributed by atoms with E-state index in [0.717, 1.165) is 18.7 Å². The number of rotatable bonds is 7. The number of hydrogen-bond donors (Lipinski definition) is 3. The van der Waals surface area contributed by atoms with Crippen molar-refractivity contribution in [2.24, 2.45) is 5.92 Å². The van der Waals surface area contributed by atoms with Gasteiger partial charge < -0.3 is 30.0 Å². The van der Waals surface area contributed by atoms with Crippen LogP contribution in [-0.2, 0) is 6.54 Å². The fourth-order valence-corrected chi connectivity index (χ4v) is 2.62. The first-order chi connectivity index (χ1) is 10.2. The van der Waals surface area contributed by atoms with Gasteiger partial charge in [-0.15, -0.1) is 0 Å². The second kappa shape index (κ2) is 7.49. The Labute approximate surface area is 125 Å². The van der Waals surface area contributed by atoms with Gasteiger partial charge in [0.15, 0.2) is 11.5 Å². The van der Waals surface area contributed by atoms with Crippen LogP contribution in [0.4, 0.5) is 0 Å². The van der Waals surface area contributed by atoms with Crippen LogP contribution < -0.4 is 24.8 Å². The minimum absolute atomic E-state index is 0.246. The maximum atomic E-state index is 9.77. The van der Waals surface area contributed by atoms with E-state index in [4.69, 9.17) is 14.2 Å². The Morgan fingerprint density at radius 3 is 2.48 bits per heavy atom. The Kier molecular flexibility index (Phi) is 5.67. The summed E-state index contributed by atoms with van der Waals surface area (Å²) in [4.78, 5) is 0. The van der Waals surface area contributed by atoms with Crippen LogP contribution in [0, 0.1) is 5.92 Å². The molecule has 2 rings (SSSR count). The summed E-state index contributed by atoms with van der Waals surface area (Å²) in [5.74, 6) is 2.17. The van der Waals surface area contributed by atoms with Crippen molar-refractivity contribution in [1.82, 2.24) is 10.6 Å². The van der Waals surface area contributed by atoms with Crippen LogP contribution >= 0.6 is 0 Å². The van der Waals surface area contributed by atoms with Gasteiger partial charge in [-0.25, -0.2) is 0 Å². The first-order valence-corrected chi connectivity index (χ1v) is 7.08. The normalized spacial score (nSPS) is 21.3. The highest BCUT2D eigenvalue weighted by Crippen LogP contribution is 2.39. The van der Waals surface area contributed by atoms with Gasteiger partial charge in [0, 0.05) is 37.7 Å². The van der Waals surface area contributed by atoms with Crippen LogP contribution in [0.1, 0.15) is 5.56 Å². The molecule has 0 aromatic heterocycles. The summed E-state index contributed by atoms with van der Waals surface area (Å²) >= 11 is 0. The Morgan fingerprint density at radius 1 is 1.14 bits per heavy atom. The summed E-state index contributed by atoms with van der Waals surface area (Å²) in [7, 11) is 4.81. The molecule has 1 heterocycles. The Morgan fingerprint density at radius 2 is 1.90 bits per heavy atom. The van der Waals surface area contributed by atoms with Crippen LogP contribution in [0.3, 0.4) is 0 Å². The molecule has 0 amide bonds. The van der Waals surface area contributed by atoms with E-state index in [2.05, 4.69) is 10.6 Å². The van der Waals surface area contributed by atoms with Crippen molar-refractivity contribution in [2.45, 2.75) is 12.6 Å². The van der Waals surface area contributed by atoms with Crippen molar-refractivity contribution >= 4 is 0 Å². The largest absolute Gasteiger partial charge is 0.493 e. The number of aliphatic hydroxyl groups excluding tert-OH is 1. The van der Waals surface area contributed by atoms with Crippen molar-refractivity contribution in [3.63, 3.8) is 0 Å². The summed E-state index contributed by atoms with van der Waals surface area (Å²) in [6, 6.07) is 3.82. The molecule has 0 radical (unpaired) electrons. The first-order valence-electron chi connectivity index (χ1n) is 7.08. The second-order valence-corrected chi connectivity index (χ2v) is 5.11. The zero-order valence-electron chi connectivity index (χ0n) is 12.8. The molecule has 0 spiro atoms. The van der Waals surface area contributed by atoms with Gasteiger partial charge in [-0.2, -0.15) is 0 Å². The van der Waals surface area contributed by atoms with Gasteiger partial charge in [0.25, 0.3) is 0 Å². The number of hydrogen-bond acceptors (Lipinski definition) is 6. The number of β-amino-alcohol motifs (C(OH)–C–C–N with tert-alkyl or cyclic N) is 1. The molecule has 0 saturated carbocycles. The summed E-state index contributed by atoms with van der Waals surface area (Å²) in [5, 5.41) is 16.3. The highest BCUT2D eigenvalue weighted by molar-refractivity contribution is 5.55. The van der Waals surface area contributed by atoms with E-state index in [1.807, 2.05) is 12.1 Å².